The molecule has 1 fully saturated rings. The highest BCUT2D eigenvalue weighted by molar-refractivity contribution is 5.91. The normalized spacial score (nSPS) is 22.7. The van der Waals surface area contributed by atoms with Gasteiger partial charge >= 0.3 is 12.2 Å². The molecular weight excluding hydrogens is 296 g/mol. The molecule has 2 aliphatic rings. The summed E-state index contributed by atoms with van der Waals surface area (Å²) in [5.74, 6) is 0. The first kappa shape index (κ1) is 15.4. The fraction of sp³-hybridized carbons (Fsp3) is 0.412. The highest BCUT2D eigenvalue weighted by Gasteiger charge is 2.48. The van der Waals surface area contributed by atoms with Crippen molar-refractivity contribution in [2.75, 3.05) is 5.01 Å². The van der Waals surface area contributed by atoms with Gasteiger partial charge in [0.05, 0.1) is 5.69 Å². The van der Waals surface area contributed by atoms with Crippen LogP contribution < -0.4 is 5.01 Å². The van der Waals surface area contributed by atoms with Gasteiger partial charge in [-0.3, -0.25) is 0 Å². The first-order chi connectivity index (χ1) is 10.9. The molecule has 2 atom stereocenters. The van der Waals surface area contributed by atoms with E-state index in [4.69, 9.17) is 9.47 Å². The Morgan fingerprint density at radius 3 is 2.65 bits per heavy atom. The van der Waals surface area contributed by atoms with E-state index < -0.39 is 17.8 Å². The van der Waals surface area contributed by atoms with Gasteiger partial charge in [-0.2, -0.15) is 5.01 Å². The van der Waals surface area contributed by atoms with Gasteiger partial charge in [0.2, 0.25) is 0 Å². The average molecular weight is 316 g/mol. The highest BCUT2D eigenvalue weighted by atomic mass is 16.6. The molecule has 0 spiro atoms. The maximum atomic E-state index is 12.7. The molecule has 0 bridgehead atoms. The number of amides is 2. The number of hydrazine groups is 1. The summed E-state index contributed by atoms with van der Waals surface area (Å²) in [6.45, 7) is 5.36. The Morgan fingerprint density at radius 2 is 2.00 bits per heavy atom. The molecule has 6 heteroatoms. The van der Waals surface area contributed by atoms with E-state index in [0.717, 1.165) is 0 Å². The number of nitrogens with zero attached hydrogens (tertiary/aromatic N) is 2. The molecule has 0 aromatic heterocycles. The number of anilines is 1. The van der Waals surface area contributed by atoms with Crippen LogP contribution in [0.5, 0.6) is 0 Å². The first-order valence-corrected chi connectivity index (χ1v) is 7.61. The summed E-state index contributed by atoms with van der Waals surface area (Å²) in [5.41, 5.74) is -0.104. The summed E-state index contributed by atoms with van der Waals surface area (Å²) in [5, 5.41) is 2.62. The Morgan fingerprint density at radius 1 is 1.30 bits per heavy atom. The van der Waals surface area contributed by atoms with Gasteiger partial charge in [-0.15, -0.1) is 0 Å². The lowest BCUT2D eigenvalue weighted by molar-refractivity contribution is 0.0472. The first-order valence-electron chi connectivity index (χ1n) is 7.61. The number of fused-ring (bicyclic) bond motifs is 1. The van der Waals surface area contributed by atoms with Gasteiger partial charge in [0.1, 0.15) is 17.7 Å². The summed E-state index contributed by atoms with van der Waals surface area (Å²) >= 11 is 0. The van der Waals surface area contributed by atoms with Crippen molar-refractivity contribution in [3.8, 4) is 0 Å². The Kier molecular flexibility index (Phi) is 3.75. The molecular formula is C17H20N2O4. The molecule has 1 aromatic carbocycles. The number of ether oxygens (including phenoxy) is 2. The Labute approximate surface area is 135 Å². The maximum absolute atomic E-state index is 12.7. The standard InChI is InChI=1S/C17H20N2O4/c1-17(2,3)23-16(21)18(12-8-5-4-6-9-12)19-13-10-7-11-14(13)22-15(19)20/h4-9,11,13-14H,10H2,1-3H3/t13-,14+/m0/s1. The molecule has 0 unspecified atom stereocenters. The second-order valence-corrected chi connectivity index (χ2v) is 6.55. The molecule has 1 saturated heterocycles. The third-order valence-electron chi connectivity index (χ3n) is 3.60. The SMILES string of the molecule is CC(C)(C)OC(=O)N(c1ccccc1)N1C(=O)O[C@@H]2C=CC[C@@H]21. The quantitative estimate of drug-likeness (QED) is 0.784. The number of hydrogen-bond donors (Lipinski definition) is 0. The van der Waals surface area contributed by atoms with Crippen molar-refractivity contribution in [1.29, 1.82) is 0 Å². The summed E-state index contributed by atoms with van der Waals surface area (Å²) in [7, 11) is 0. The zero-order chi connectivity index (χ0) is 16.6. The molecule has 0 saturated carbocycles. The molecule has 23 heavy (non-hydrogen) atoms. The Bertz CT molecular complexity index is 636. The van der Waals surface area contributed by atoms with E-state index in [1.54, 1.807) is 45.0 Å². The Balaban J connectivity index is 1.95. The van der Waals surface area contributed by atoms with Crippen molar-refractivity contribution in [3.05, 3.63) is 42.5 Å². The maximum Gasteiger partial charge on any atom is 0.434 e. The van der Waals surface area contributed by atoms with Gasteiger partial charge in [0.15, 0.2) is 0 Å². The van der Waals surface area contributed by atoms with Gasteiger partial charge in [-0.05, 0) is 45.4 Å². The van der Waals surface area contributed by atoms with Crippen LogP contribution in [0, 0.1) is 0 Å². The van der Waals surface area contributed by atoms with Crippen LogP contribution in [-0.4, -0.2) is 34.9 Å². The minimum Gasteiger partial charge on any atom is -0.442 e. The van der Waals surface area contributed by atoms with Crippen molar-refractivity contribution < 1.29 is 19.1 Å². The minimum atomic E-state index is -0.666. The summed E-state index contributed by atoms with van der Waals surface area (Å²) in [6, 6.07) is 8.74. The zero-order valence-corrected chi connectivity index (χ0v) is 13.4. The molecule has 0 N–H and O–H groups in total. The predicted molar refractivity (Wildman–Crippen MR) is 84.8 cm³/mol. The van der Waals surface area contributed by atoms with Crippen molar-refractivity contribution in [1.82, 2.24) is 5.01 Å². The summed E-state index contributed by atoms with van der Waals surface area (Å²) in [4.78, 5) is 25.0. The number of carbonyl (C=O) groups is 2. The van der Waals surface area contributed by atoms with Crippen molar-refractivity contribution in [2.24, 2.45) is 0 Å². The molecule has 1 heterocycles. The topological polar surface area (TPSA) is 59.1 Å². The second kappa shape index (κ2) is 5.61. The molecule has 3 rings (SSSR count). The van der Waals surface area contributed by atoms with E-state index >= 15 is 0 Å². The minimum absolute atomic E-state index is 0.227. The third-order valence-corrected chi connectivity index (χ3v) is 3.60. The van der Waals surface area contributed by atoms with Crippen LogP contribution in [0.3, 0.4) is 0 Å². The van der Waals surface area contributed by atoms with Crippen LogP contribution in [0.15, 0.2) is 42.5 Å². The molecule has 1 aliphatic carbocycles. The lowest BCUT2D eigenvalue weighted by atomic mass is 10.2. The lowest BCUT2D eigenvalue weighted by Crippen LogP contribution is -2.53. The fourth-order valence-corrected chi connectivity index (χ4v) is 2.70. The summed E-state index contributed by atoms with van der Waals surface area (Å²) in [6.07, 6.45) is 2.97. The largest absolute Gasteiger partial charge is 0.442 e. The van der Waals surface area contributed by atoms with Gasteiger partial charge in [0.25, 0.3) is 0 Å². The van der Waals surface area contributed by atoms with E-state index in [-0.39, 0.29) is 12.1 Å². The van der Waals surface area contributed by atoms with Crippen molar-refractivity contribution >= 4 is 17.9 Å². The van der Waals surface area contributed by atoms with Crippen LogP contribution in [0.4, 0.5) is 15.3 Å². The van der Waals surface area contributed by atoms with Gasteiger partial charge < -0.3 is 9.47 Å². The number of para-hydroxylation sites is 1. The molecule has 1 aliphatic heterocycles. The van der Waals surface area contributed by atoms with Crippen LogP contribution in [0.25, 0.3) is 0 Å². The smallest absolute Gasteiger partial charge is 0.434 e. The fourth-order valence-electron chi connectivity index (χ4n) is 2.70. The second-order valence-electron chi connectivity index (χ2n) is 6.55. The number of benzene rings is 1. The molecule has 1 aromatic rings. The number of hydrogen-bond acceptors (Lipinski definition) is 4. The molecule has 6 nitrogen and oxygen atoms in total. The van der Waals surface area contributed by atoms with Gasteiger partial charge in [-0.1, -0.05) is 24.3 Å². The number of rotatable bonds is 2. The monoisotopic (exact) mass is 316 g/mol. The molecule has 122 valence electrons. The van der Waals surface area contributed by atoms with E-state index in [1.807, 2.05) is 18.2 Å². The van der Waals surface area contributed by atoms with E-state index in [9.17, 15) is 9.59 Å². The van der Waals surface area contributed by atoms with Crippen molar-refractivity contribution in [2.45, 2.75) is 44.9 Å². The van der Waals surface area contributed by atoms with Crippen molar-refractivity contribution in [3.63, 3.8) is 0 Å². The van der Waals surface area contributed by atoms with Crippen LogP contribution in [-0.2, 0) is 9.47 Å². The van der Waals surface area contributed by atoms with Crippen LogP contribution >= 0.6 is 0 Å². The van der Waals surface area contributed by atoms with Crippen LogP contribution in [0.1, 0.15) is 27.2 Å². The predicted octanol–water partition coefficient (Wildman–Crippen LogP) is 3.49. The molecule has 0 radical (unpaired) electrons. The summed E-state index contributed by atoms with van der Waals surface area (Å²) < 4.78 is 10.8. The number of carbonyl (C=O) groups excluding carboxylic acids is 2. The van der Waals surface area contributed by atoms with E-state index in [0.29, 0.717) is 12.1 Å². The average Bonchev–Trinajstić information content (AvgIpc) is 3.01. The third kappa shape index (κ3) is 3.02. The van der Waals surface area contributed by atoms with E-state index in [2.05, 4.69) is 0 Å². The molecule has 2 amide bonds. The van der Waals surface area contributed by atoms with Crippen LogP contribution in [0.2, 0.25) is 0 Å². The van der Waals surface area contributed by atoms with Gasteiger partial charge in [-0.25, -0.2) is 14.6 Å². The zero-order valence-electron chi connectivity index (χ0n) is 13.4. The highest BCUT2D eigenvalue weighted by Crippen LogP contribution is 2.33. The van der Waals surface area contributed by atoms with Gasteiger partial charge in [0, 0.05) is 0 Å². The van der Waals surface area contributed by atoms with E-state index in [1.165, 1.54) is 10.0 Å². The Hall–Kier alpha value is -2.50. The lowest BCUT2D eigenvalue weighted by Gasteiger charge is -2.34.